The van der Waals surface area contributed by atoms with E-state index in [0.717, 1.165) is 22.2 Å². The molecule has 0 fully saturated rings. The predicted molar refractivity (Wildman–Crippen MR) is 121 cm³/mol. The average molecular weight is 435 g/mol. The van der Waals surface area contributed by atoms with E-state index in [4.69, 9.17) is 0 Å². The summed E-state index contributed by atoms with van der Waals surface area (Å²) < 4.78 is 28.8. The van der Waals surface area contributed by atoms with Gasteiger partial charge in [0.15, 0.2) is 0 Å². The normalized spacial score (nSPS) is 11.4. The second kappa shape index (κ2) is 9.01. The van der Waals surface area contributed by atoms with Gasteiger partial charge in [-0.3, -0.25) is 9.52 Å². The third-order valence-electron chi connectivity index (χ3n) is 4.79. The lowest BCUT2D eigenvalue weighted by molar-refractivity contribution is -0.120. The first-order valence-electron chi connectivity index (χ1n) is 9.83. The van der Waals surface area contributed by atoms with Gasteiger partial charge in [0.1, 0.15) is 0 Å². The van der Waals surface area contributed by atoms with E-state index in [1.165, 1.54) is 0 Å². The number of carbonyl (C=O) groups excluding carboxylic acids is 1. The van der Waals surface area contributed by atoms with Crippen molar-refractivity contribution < 1.29 is 13.2 Å². The molecule has 0 aliphatic heterocycles. The van der Waals surface area contributed by atoms with Crippen molar-refractivity contribution in [1.82, 2.24) is 14.9 Å². The Morgan fingerprint density at radius 2 is 1.68 bits per heavy atom. The Morgan fingerprint density at radius 1 is 0.935 bits per heavy atom. The van der Waals surface area contributed by atoms with Crippen LogP contribution in [-0.4, -0.2) is 36.2 Å². The van der Waals surface area contributed by atoms with E-state index >= 15 is 0 Å². The fourth-order valence-electron chi connectivity index (χ4n) is 3.23. The fraction of sp³-hybridized carbons (Fsp3) is 0.130. The van der Waals surface area contributed by atoms with E-state index in [9.17, 15) is 13.2 Å². The highest BCUT2D eigenvalue weighted by atomic mass is 32.2. The zero-order valence-corrected chi connectivity index (χ0v) is 17.5. The molecule has 31 heavy (non-hydrogen) atoms. The number of pyridine rings is 1. The lowest BCUT2D eigenvalue weighted by atomic mass is 10.0. The van der Waals surface area contributed by atoms with Gasteiger partial charge in [-0.1, -0.05) is 54.6 Å². The van der Waals surface area contributed by atoms with Crippen LogP contribution in [0.3, 0.4) is 0 Å². The summed E-state index contributed by atoms with van der Waals surface area (Å²) in [6.07, 6.45) is 3.51. The average Bonchev–Trinajstić information content (AvgIpc) is 3.22. The Labute approximate surface area is 180 Å². The molecule has 0 aliphatic carbocycles. The van der Waals surface area contributed by atoms with Crippen molar-refractivity contribution in [2.75, 3.05) is 17.0 Å². The molecule has 0 radical (unpaired) electrons. The topological polar surface area (TPSA) is 92.6 Å². The molecule has 2 heterocycles. The third kappa shape index (κ3) is 5.49. The maximum absolute atomic E-state index is 12.3. The Kier molecular flexibility index (Phi) is 5.99. The minimum Gasteiger partial charge on any atom is -0.355 e. The van der Waals surface area contributed by atoms with Crippen molar-refractivity contribution >= 4 is 27.1 Å². The van der Waals surface area contributed by atoms with Gasteiger partial charge < -0.3 is 5.32 Å². The van der Waals surface area contributed by atoms with Crippen LogP contribution in [0.25, 0.3) is 16.6 Å². The molecule has 2 N–H and O–H groups in total. The molecule has 0 spiro atoms. The molecular formula is C23H22N4O3S. The highest BCUT2D eigenvalue weighted by Crippen LogP contribution is 2.19. The van der Waals surface area contributed by atoms with Gasteiger partial charge in [0.05, 0.1) is 23.4 Å². The minimum absolute atomic E-state index is 0.0329. The van der Waals surface area contributed by atoms with Gasteiger partial charge in [-0.15, -0.1) is 0 Å². The molecular weight excluding hydrogens is 412 g/mol. The van der Waals surface area contributed by atoms with Gasteiger partial charge >= 0.3 is 0 Å². The van der Waals surface area contributed by atoms with Crippen LogP contribution in [0.2, 0.25) is 0 Å². The molecule has 0 saturated carbocycles. The van der Waals surface area contributed by atoms with E-state index < -0.39 is 10.0 Å². The molecule has 8 heteroatoms. The van der Waals surface area contributed by atoms with Crippen molar-refractivity contribution in [2.24, 2.45) is 0 Å². The summed E-state index contributed by atoms with van der Waals surface area (Å²) in [4.78, 5) is 12.2. The number of benzene rings is 2. The number of sulfonamides is 1. The summed E-state index contributed by atoms with van der Waals surface area (Å²) in [5, 5.41) is 6.74. The number of amides is 1. The van der Waals surface area contributed by atoms with Crippen LogP contribution in [0.5, 0.6) is 0 Å². The monoisotopic (exact) mass is 434 g/mol. The summed E-state index contributed by atoms with van der Waals surface area (Å²) in [6, 6.07) is 22.9. The van der Waals surface area contributed by atoms with Crippen molar-refractivity contribution in [3.8, 4) is 11.1 Å². The number of nitrogens with one attached hydrogen (secondary N) is 2. The van der Waals surface area contributed by atoms with Gasteiger partial charge in [-0.05, 0) is 34.9 Å². The first kappa shape index (κ1) is 20.6. The first-order valence-corrected chi connectivity index (χ1v) is 11.5. The molecule has 0 saturated heterocycles. The second-order valence-electron chi connectivity index (χ2n) is 7.13. The van der Waals surface area contributed by atoms with Crippen molar-refractivity contribution in [1.29, 1.82) is 0 Å². The number of fused-ring (bicyclic) bond motifs is 1. The quantitative estimate of drug-likeness (QED) is 0.446. The summed E-state index contributed by atoms with van der Waals surface area (Å²) in [5.74, 6) is -0.431. The van der Waals surface area contributed by atoms with Gasteiger partial charge in [-0.2, -0.15) is 5.10 Å². The van der Waals surface area contributed by atoms with E-state index in [1.807, 2.05) is 54.6 Å². The smallest absolute Gasteiger partial charge is 0.234 e. The van der Waals surface area contributed by atoms with Crippen LogP contribution in [0.4, 0.5) is 5.69 Å². The zero-order chi connectivity index (χ0) is 21.7. The molecule has 2 aromatic heterocycles. The molecule has 0 aliphatic rings. The fourth-order valence-corrected chi connectivity index (χ4v) is 4.19. The Morgan fingerprint density at radius 3 is 2.45 bits per heavy atom. The Bertz CT molecular complexity index is 1280. The van der Waals surface area contributed by atoms with E-state index in [1.54, 1.807) is 35.1 Å². The van der Waals surface area contributed by atoms with Gasteiger partial charge in [0.2, 0.25) is 15.9 Å². The van der Waals surface area contributed by atoms with Crippen molar-refractivity contribution in [2.45, 2.75) is 6.42 Å². The van der Waals surface area contributed by atoms with Crippen LogP contribution >= 0.6 is 0 Å². The molecule has 7 nitrogen and oxygen atoms in total. The molecule has 0 bridgehead atoms. The number of nitrogens with zero attached hydrogens (tertiary/aromatic N) is 2. The number of carbonyl (C=O) groups is 1. The summed E-state index contributed by atoms with van der Waals surface area (Å²) in [6.45, 7) is 0.0329. The van der Waals surface area contributed by atoms with Crippen LogP contribution in [-0.2, 0) is 21.2 Å². The number of rotatable bonds is 8. The lowest BCUT2D eigenvalue weighted by Gasteiger charge is -2.10. The molecule has 0 atom stereocenters. The Hall–Kier alpha value is -3.65. The molecule has 0 unspecified atom stereocenters. The number of anilines is 1. The van der Waals surface area contributed by atoms with E-state index in [-0.39, 0.29) is 24.6 Å². The van der Waals surface area contributed by atoms with Crippen LogP contribution in [0.1, 0.15) is 5.56 Å². The van der Waals surface area contributed by atoms with Crippen LogP contribution in [0, 0.1) is 0 Å². The standard InChI is InChI=1S/C23H22N4O3S/c28-23(16-18-6-8-20(9-7-18)19-4-2-1-3-5-19)24-13-15-31(29,30)26-21-11-14-27-22(17-21)10-12-25-27/h1-12,14,17,26H,13,15-16H2,(H,24,28). The molecule has 4 aromatic rings. The SMILES string of the molecule is O=C(Cc1ccc(-c2ccccc2)cc1)NCCS(=O)(=O)Nc1ccn2nccc2c1. The summed E-state index contributed by atoms with van der Waals surface area (Å²) in [5.41, 5.74) is 4.30. The largest absolute Gasteiger partial charge is 0.355 e. The van der Waals surface area contributed by atoms with Gasteiger partial charge in [0, 0.05) is 18.9 Å². The molecule has 2 aromatic carbocycles. The zero-order valence-electron chi connectivity index (χ0n) is 16.7. The number of hydrogen-bond acceptors (Lipinski definition) is 4. The first-order chi connectivity index (χ1) is 15.0. The highest BCUT2D eigenvalue weighted by Gasteiger charge is 2.12. The predicted octanol–water partition coefficient (Wildman–Crippen LogP) is 3.10. The van der Waals surface area contributed by atoms with Crippen molar-refractivity contribution in [3.05, 3.63) is 90.8 Å². The lowest BCUT2D eigenvalue weighted by Crippen LogP contribution is -2.32. The van der Waals surface area contributed by atoms with Gasteiger partial charge in [0.25, 0.3) is 0 Å². The highest BCUT2D eigenvalue weighted by molar-refractivity contribution is 7.92. The molecule has 1 amide bonds. The number of hydrogen-bond donors (Lipinski definition) is 2. The van der Waals surface area contributed by atoms with Crippen molar-refractivity contribution in [3.63, 3.8) is 0 Å². The summed E-state index contributed by atoms with van der Waals surface area (Å²) >= 11 is 0. The Balaban J connectivity index is 1.26. The molecule has 4 rings (SSSR count). The number of aromatic nitrogens is 2. The van der Waals surface area contributed by atoms with Gasteiger partial charge in [-0.25, -0.2) is 12.9 Å². The van der Waals surface area contributed by atoms with E-state index in [0.29, 0.717) is 5.69 Å². The van der Waals surface area contributed by atoms with Crippen LogP contribution < -0.4 is 10.0 Å². The second-order valence-corrected chi connectivity index (χ2v) is 8.97. The molecule has 158 valence electrons. The summed E-state index contributed by atoms with van der Waals surface area (Å²) in [7, 11) is -3.59. The third-order valence-corrected chi connectivity index (χ3v) is 6.08. The maximum atomic E-state index is 12.3. The minimum atomic E-state index is -3.59. The maximum Gasteiger partial charge on any atom is 0.234 e. The van der Waals surface area contributed by atoms with E-state index in [2.05, 4.69) is 15.1 Å². The van der Waals surface area contributed by atoms with Crippen LogP contribution in [0.15, 0.2) is 85.2 Å².